The molecule has 1 unspecified atom stereocenters. The number of nitrogens with one attached hydrogen (secondary N) is 1. The zero-order valence-corrected chi connectivity index (χ0v) is 16.1. The first kappa shape index (κ1) is 21.0. The summed E-state index contributed by atoms with van der Waals surface area (Å²) in [6.07, 6.45) is 10.1. The van der Waals surface area contributed by atoms with E-state index in [0.29, 0.717) is 5.92 Å². The fourth-order valence-electron chi connectivity index (χ4n) is 3.20. The molecule has 0 fully saturated rings. The Labute approximate surface area is 149 Å². The molecule has 0 aliphatic rings. The van der Waals surface area contributed by atoms with Gasteiger partial charge in [-0.1, -0.05) is 63.6 Å². The molecular weight excluding hydrogens is 298 g/mol. The van der Waals surface area contributed by atoms with E-state index >= 15 is 0 Å². The minimum absolute atomic E-state index is 0.398. The Morgan fingerprint density at radius 3 is 2.17 bits per heavy atom. The van der Waals surface area contributed by atoms with Crippen LogP contribution in [0, 0.1) is 5.92 Å². The van der Waals surface area contributed by atoms with Gasteiger partial charge in [0.15, 0.2) is 5.79 Å². The Bertz CT molecular complexity index is 404. The van der Waals surface area contributed by atoms with E-state index in [0.717, 1.165) is 19.4 Å². The molecule has 1 aromatic carbocycles. The van der Waals surface area contributed by atoms with Gasteiger partial charge in [-0.3, -0.25) is 0 Å². The van der Waals surface area contributed by atoms with E-state index < -0.39 is 5.79 Å². The van der Waals surface area contributed by atoms with Crippen LogP contribution in [0.3, 0.4) is 0 Å². The Balaban J connectivity index is 2.42. The van der Waals surface area contributed by atoms with Crippen LogP contribution in [0.25, 0.3) is 0 Å². The molecule has 0 spiro atoms. The van der Waals surface area contributed by atoms with Crippen LogP contribution in [0.2, 0.25) is 0 Å². The van der Waals surface area contributed by atoms with Crippen molar-refractivity contribution in [1.82, 2.24) is 0 Å². The smallest absolute Gasteiger partial charge is 0.167 e. The molecule has 0 heterocycles. The van der Waals surface area contributed by atoms with Crippen molar-refractivity contribution in [2.24, 2.45) is 5.92 Å². The van der Waals surface area contributed by atoms with Crippen LogP contribution in [-0.4, -0.2) is 26.6 Å². The second kappa shape index (κ2) is 12.3. The minimum Gasteiger partial charge on any atom is -0.385 e. The lowest BCUT2D eigenvalue weighted by molar-refractivity contribution is -0.229. The maximum absolute atomic E-state index is 5.70. The van der Waals surface area contributed by atoms with E-state index in [1.54, 1.807) is 14.2 Å². The monoisotopic (exact) mass is 335 g/mol. The zero-order chi connectivity index (χ0) is 17.7. The topological polar surface area (TPSA) is 30.5 Å². The maximum Gasteiger partial charge on any atom is 0.167 e. The maximum atomic E-state index is 5.70. The molecule has 24 heavy (non-hydrogen) atoms. The fourth-order valence-corrected chi connectivity index (χ4v) is 3.20. The molecule has 0 bridgehead atoms. The molecule has 1 aromatic rings. The standard InChI is InChI=1S/C21H37NO2/c1-5-6-7-8-9-11-14-19(21(2,23-3)24-4)17-18-22-20-15-12-10-13-16-20/h10,12-13,15-16,19,22H,5-9,11,14,17-18H2,1-4H3. The van der Waals surface area contributed by atoms with Gasteiger partial charge in [0.1, 0.15) is 0 Å². The molecule has 3 heteroatoms. The number of benzene rings is 1. The minimum atomic E-state index is -0.498. The van der Waals surface area contributed by atoms with Gasteiger partial charge in [0.2, 0.25) is 0 Å². The molecule has 0 aliphatic heterocycles. The summed E-state index contributed by atoms with van der Waals surface area (Å²) in [5, 5.41) is 3.50. The molecule has 138 valence electrons. The Hall–Kier alpha value is -1.06. The van der Waals surface area contributed by atoms with E-state index in [1.807, 2.05) is 6.07 Å². The number of ether oxygens (including phenoxy) is 2. The fraction of sp³-hybridized carbons (Fsp3) is 0.714. The average molecular weight is 336 g/mol. The van der Waals surface area contributed by atoms with Crippen LogP contribution in [-0.2, 0) is 9.47 Å². The van der Waals surface area contributed by atoms with Crippen molar-refractivity contribution in [2.75, 3.05) is 26.1 Å². The van der Waals surface area contributed by atoms with Crippen molar-refractivity contribution in [2.45, 2.75) is 71.0 Å². The summed E-state index contributed by atoms with van der Waals surface area (Å²) < 4.78 is 11.4. The molecule has 0 amide bonds. The lowest BCUT2D eigenvalue weighted by Gasteiger charge is -2.35. The normalized spacial score (nSPS) is 13.0. The third-order valence-corrected chi connectivity index (χ3v) is 5.05. The highest BCUT2D eigenvalue weighted by molar-refractivity contribution is 5.42. The predicted molar refractivity (Wildman–Crippen MR) is 103 cm³/mol. The van der Waals surface area contributed by atoms with Crippen LogP contribution >= 0.6 is 0 Å². The number of hydrogen-bond acceptors (Lipinski definition) is 3. The van der Waals surface area contributed by atoms with Crippen LogP contribution < -0.4 is 5.32 Å². The van der Waals surface area contributed by atoms with E-state index in [-0.39, 0.29) is 0 Å². The molecule has 1 atom stereocenters. The molecule has 0 saturated heterocycles. The Morgan fingerprint density at radius 1 is 0.917 bits per heavy atom. The molecule has 0 saturated carbocycles. The quantitative estimate of drug-likeness (QED) is 0.341. The van der Waals surface area contributed by atoms with Gasteiger partial charge >= 0.3 is 0 Å². The van der Waals surface area contributed by atoms with Gasteiger partial charge in [0.05, 0.1) is 0 Å². The highest BCUT2D eigenvalue weighted by Crippen LogP contribution is 2.30. The van der Waals surface area contributed by atoms with Gasteiger partial charge < -0.3 is 14.8 Å². The highest BCUT2D eigenvalue weighted by atomic mass is 16.7. The SMILES string of the molecule is CCCCCCCCC(CCNc1ccccc1)C(C)(OC)OC. The first-order chi connectivity index (χ1) is 11.7. The number of rotatable bonds is 14. The lowest BCUT2D eigenvalue weighted by Crippen LogP contribution is -2.39. The summed E-state index contributed by atoms with van der Waals surface area (Å²) in [5.41, 5.74) is 1.17. The second-order valence-corrected chi connectivity index (χ2v) is 6.76. The molecule has 1 rings (SSSR count). The second-order valence-electron chi connectivity index (χ2n) is 6.76. The van der Waals surface area contributed by atoms with Crippen LogP contribution in [0.15, 0.2) is 30.3 Å². The van der Waals surface area contributed by atoms with Crippen molar-refractivity contribution in [3.63, 3.8) is 0 Å². The molecular formula is C21H37NO2. The van der Waals surface area contributed by atoms with Gasteiger partial charge in [-0.15, -0.1) is 0 Å². The van der Waals surface area contributed by atoms with Gasteiger partial charge in [0, 0.05) is 32.4 Å². The predicted octanol–water partition coefficient (Wildman–Crippen LogP) is 5.86. The molecule has 0 aromatic heterocycles. The van der Waals surface area contributed by atoms with Crippen molar-refractivity contribution in [1.29, 1.82) is 0 Å². The number of methoxy groups -OCH3 is 2. The van der Waals surface area contributed by atoms with Crippen LogP contribution in [0.4, 0.5) is 5.69 Å². The third kappa shape index (κ3) is 7.67. The van der Waals surface area contributed by atoms with E-state index in [9.17, 15) is 0 Å². The highest BCUT2D eigenvalue weighted by Gasteiger charge is 2.33. The van der Waals surface area contributed by atoms with Gasteiger partial charge in [-0.2, -0.15) is 0 Å². The first-order valence-electron chi connectivity index (χ1n) is 9.55. The van der Waals surface area contributed by atoms with Crippen molar-refractivity contribution < 1.29 is 9.47 Å². The summed E-state index contributed by atoms with van der Waals surface area (Å²) >= 11 is 0. The Kier molecular flexibility index (Phi) is 10.8. The summed E-state index contributed by atoms with van der Waals surface area (Å²) in [7, 11) is 3.50. The van der Waals surface area contributed by atoms with E-state index in [4.69, 9.17) is 9.47 Å². The molecule has 0 aliphatic carbocycles. The van der Waals surface area contributed by atoms with E-state index in [2.05, 4.69) is 43.4 Å². The zero-order valence-electron chi connectivity index (χ0n) is 16.1. The van der Waals surface area contributed by atoms with E-state index in [1.165, 1.54) is 44.2 Å². The van der Waals surface area contributed by atoms with Crippen LogP contribution in [0.5, 0.6) is 0 Å². The van der Waals surface area contributed by atoms with Gasteiger partial charge in [-0.05, 0) is 31.9 Å². The lowest BCUT2D eigenvalue weighted by atomic mass is 9.89. The largest absolute Gasteiger partial charge is 0.385 e. The number of anilines is 1. The van der Waals surface area contributed by atoms with Gasteiger partial charge in [0.25, 0.3) is 0 Å². The molecule has 1 N–H and O–H groups in total. The summed E-state index contributed by atoms with van der Waals surface area (Å²) in [4.78, 5) is 0. The Morgan fingerprint density at radius 2 is 1.54 bits per heavy atom. The number of para-hydroxylation sites is 1. The summed E-state index contributed by atoms with van der Waals surface area (Å²) in [6, 6.07) is 10.4. The van der Waals surface area contributed by atoms with Crippen molar-refractivity contribution in [3.05, 3.63) is 30.3 Å². The first-order valence-corrected chi connectivity index (χ1v) is 9.55. The summed E-state index contributed by atoms with van der Waals surface area (Å²) in [5.74, 6) is -0.100. The third-order valence-electron chi connectivity index (χ3n) is 5.05. The van der Waals surface area contributed by atoms with Crippen molar-refractivity contribution >= 4 is 5.69 Å². The van der Waals surface area contributed by atoms with Gasteiger partial charge in [-0.25, -0.2) is 0 Å². The summed E-state index contributed by atoms with van der Waals surface area (Å²) in [6.45, 7) is 5.27. The molecule has 3 nitrogen and oxygen atoms in total. The number of hydrogen-bond donors (Lipinski definition) is 1. The van der Waals surface area contributed by atoms with Crippen molar-refractivity contribution in [3.8, 4) is 0 Å². The average Bonchev–Trinajstić information content (AvgIpc) is 2.63. The van der Waals surface area contributed by atoms with Crippen LogP contribution in [0.1, 0.15) is 65.2 Å². The molecule has 0 radical (unpaired) electrons. The number of unbranched alkanes of at least 4 members (excludes halogenated alkanes) is 5.